The Balaban J connectivity index is 1.46. The summed E-state index contributed by atoms with van der Waals surface area (Å²) in [6, 6.07) is 17.5. The van der Waals surface area contributed by atoms with Gasteiger partial charge in [0, 0.05) is 28.1 Å². The highest BCUT2D eigenvalue weighted by Crippen LogP contribution is 2.28. The maximum Gasteiger partial charge on any atom is 0.335 e. The molecule has 11 heteroatoms. The number of nitrogens with zero attached hydrogens (tertiary/aromatic N) is 5. The number of hydrogen-bond donors (Lipinski definition) is 2. The topological polar surface area (TPSA) is 122 Å². The number of amides is 1. The minimum Gasteiger partial charge on any atom is -0.478 e. The van der Waals surface area contributed by atoms with Crippen LogP contribution in [0.15, 0.2) is 87.8 Å². The Hall–Kier alpha value is -3.83. The number of aromatic nitrogens is 4. The first kappa shape index (κ1) is 23.3. The molecule has 0 spiro atoms. The normalized spacial score (nSPS) is 11.0. The van der Waals surface area contributed by atoms with Gasteiger partial charge in [0.25, 0.3) is 5.91 Å². The molecule has 0 bridgehead atoms. The fourth-order valence-corrected chi connectivity index (χ4v) is 3.94. The second-order valence-corrected chi connectivity index (χ2v) is 8.72. The van der Waals surface area contributed by atoms with Gasteiger partial charge in [-0.15, -0.1) is 10.2 Å². The number of rotatable bonds is 8. The van der Waals surface area contributed by atoms with E-state index in [1.54, 1.807) is 24.5 Å². The number of carboxylic acids is 1. The van der Waals surface area contributed by atoms with E-state index in [0.29, 0.717) is 16.5 Å². The Labute approximate surface area is 207 Å². The van der Waals surface area contributed by atoms with Crippen LogP contribution in [0.25, 0.3) is 17.1 Å². The second-order valence-electron chi connectivity index (χ2n) is 6.86. The number of aromatic carboxylic acids is 1. The predicted molar refractivity (Wildman–Crippen MR) is 132 cm³/mol. The van der Waals surface area contributed by atoms with Crippen molar-refractivity contribution in [2.45, 2.75) is 5.16 Å². The van der Waals surface area contributed by atoms with E-state index in [-0.39, 0.29) is 17.2 Å². The van der Waals surface area contributed by atoms with Crippen molar-refractivity contribution in [3.8, 4) is 17.1 Å². The minimum atomic E-state index is -1.00. The van der Waals surface area contributed by atoms with Crippen LogP contribution in [0.3, 0.4) is 0 Å². The van der Waals surface area contributed by atoms with Crippen molar-refractivity contribution < 1.29 is 14.7 Å². The van der Waals surface area contributed by atoms with Crippen LogP contribution in [0.4, 0.5) is 0 Å². The molecule has 2 aromatic carbocycles. The molecule has 34 heavy (non-hydrogen) atoms. The van der Waals surface area contributed by atoms with E-state index in [1.165, 1.54) is 30.1 Å². The van der Waals surface area contributed by atoms with Crippen LogP contribution < -0.4 is 5.43 Å². The van der Waals surface area contributed by atoms with Crippen molar-refractivity contribution in [1.82, 2.24) is 25.2 Å². The standard InChI is InChI=1S/C23H17BrN6O3S/c24-18-5-7-19(8-6-18)30-21(16-9-11-25-12-10-16)28-29-23(30)34-14-20(31)27-26-13-15-1-3-17(4-2-15)22(32)33/h1-13H,14H2,(H,27,31)(H,32,33)/b26-13+. The van der Waals surface area contributed by atoms with E-state index in [9.17, 15) is 9.59 Å². The molecule has 0 atom stereocenters. The van der Waals surface area contributed by atoms with Crippen LogP contribution in [0.5, 0.6) is 0 Å². The van der Waals surface area contributed by atoms with E-state index in [2.05, 4.69) is 41.6 Å². The maximum atomic E-state index is 12.3. The van der Waals surface area contributed by atoms with Gasteiger partial charge in [-0.3, -0.25) is 14.3 Å². The van der Waals surface area contributed by atoms with Crippen LogP contribution in [-0.2, 0) is 4.79 Å². The molecule has 0 aliphatic heterocycles. The quantitative estimate of drug-likeness (QED) is 0.198. The van der Waals surface area contributed by atoms with Crippen LogP contribution in [0, 0.1) is 0 Å². The number of carboxylic acid groups (broad SMARTS) is 1. The van der Waals surface area contributed by atoms with E-state index in [0.717, 1.165) is 15.7 Å². The van der Waals surface area contributed by atoms with Gasteiger partial charge in [0.05, 0.1) is 17.5 Å². The lowest BCUT2D eigenvalue weighted by molar-refractivity contribution is -0.118. The first-order valence-corrected chi connectivity index (χ1v) is 11.7. The third-order valence-electron chi connectivity index (χ3n) is 4.55. The van der Waals surface area contributed by atoms with Crippen molar-refractivity contribution in [1.29, 1.82) is 0 Å². The van der Waals surface area contributed by atoms with Gasteiger partial charge in [-0.25, -0.2) is 10.2 Å². The molecule has 2 aromatic heterocycles. The van der Waals surface area contributed by atoms with Gasteiger partial charge in [-0.05, 0) is 54.1 Å². The highest BCUT2D eigenvalue weighted by Gasteiger charge is 2.17. The molecular formula is C23H17BrN6O3S. The predicted octanol–water partition coefficient (Wildman–Crippen LogP) is 4.03. The number of pyridine rings is 1. The van der Waals surface area contributed by atoms with Crippen LogP contribution in [0.1, 0.15) is 15.9 Å². The summed E-state index contributed by atoms with van der Waals surface area (Å²) in [7, 11) is 0. The summed E-state index contributed by atoms with van der Waals surface area (Å²) < 4.78 is 2.83. The smallest absolute Gasteiger partial charge is 0.335 e. The van der Waals surface area contributed by atoms with Gasteiger partial charge < -0.3 is 5.11 Å². The van der Waals surface area contributed by atoms with Crippen LogP contribution in [0.2, 0.25) is 0 Å². The number of carbonyl (C=O) groups is 2. The molecule has 0 radical (unpaired) electrons. The summed E-state index contributed by atoms with van der Waals surface area (Å²) in [6.07, 6.45) is 4.81. The number of carbonyl (C=O) groups excluding carboxylic acids is 1. The lowest BCUT2D eigenvalue weighted by Gasteiger charge is -2.10. The second kappa shape index (κ2) is 10.9. The number of thioether (sulfide) groups is 1. The zero-order valence-electron chi connectivity index (χ0n) is 17.5. The molecule has 0 saturated carbocycles. The Kier molecular flexibility index (Phi) is 7.45. The highest BCUT2D eigenvalue weighted by molar-refractivity contribution is 9.10. The molecule has 9 nitrogen and oxygen atoms in total. The molecule has 0 aliphatic carbocycles. The van der Waals surface area contributed by atoms with E-state index in [1.807, 2.05) is 41.0 Å². The molecule has 1 amide bonds. The molecule has 2 N–H and O–H groups in total. The molecule has 0 fully saturated rings. The van der Waals surface area contributed by atoms with E-state index in [4.69, 9.17) is 5.11 Å². The van der Waals surface area contributed by atoms with Gasteiger partial charge in [0.2, 0.25) is 0 Å². The minimum absolute atomic E-state index is 0.0697. The van der Waals surface area contributed by atoms with Crippen molar-refractivity contribution in [3.05, 3.63) is 88.7 Å². The lowest BCUT2D eigenvalue weighted by atomic mass is 10.1. The van der Waals surface area contributed by atoms with Crippen molar-refractivity contribution in [2.24, 2.45) is 5.10 Å². The summed E-state index contributed by atoms with van der Waals surface area (Å²) in [4.78, 5) is 27.3. The average molecular weight is 537 g/mol. The molecular weight excluding hydrogens is 520 g/mol. The maximum absolute atomic E-state index is 12.3. The Bertz CT molecular complexity index is 1330. The molecule has 0 aliphatic rings. The summed E-state index contributed by atoms with van der Waals surface area (Å²) in [5.74, 6) is -0.619. The van der Waals surface area contributed by atoms with Gasteiger partial charge in [-0.1, -0.05) is 39.8 Å². The van der Waals surface area contributed by atoms with Gasteiger partial charge in [-0.2, -0.15) is 5.10 Å². The number of hydrazone groups is 1. The average Bonchev–Trinajstić information content (AvgIpc) is 3.28. The van der Waals surface area contributed by atoms with Crippen LogP contribution >= 0.6 is 27.7 Å². The van der Waals surface area contributed by atoms with Crippen LogP contribution in [-0.4, -0.2) is 48.7 Å². The fourth-order valence-electron chi connectivity index (χ4n) is 2.93. The molecule has 170 valence electrons. The summed E-state index contributed by atoms with van der Waals surface area (Å²) in [6.45, 7) is 0. The zero-order valence-corrected chi connectivity index (χ0v) is 19.9. The molecule has 4 aromatic rings. The lowest BCUT2D eigenvalue weighted by Crippen LogP contribution is -2.20. The van der Waals surface area contributed by atoms with Crippen molar-refractivity contribution in [3.63, 3.8) is 0 Å². The summed E-state index contributed by atoms with van der Waals surface area (Å²) in [5, 5.41) is 22.0. The van der Waals surface area contributed by atoms with Gasteiger partial charge in [0.1, 0.15) is 0 Å². The number of hydrogen-bond acceptors (Lipinski definition) is 7. The summed E-state index contributed by atoms with van der Waals surface area (Å²) >= 11 is 4.68. The molecule has 0 saturated heterocycles. The van der Waals surface area contributed by atoms with Gasteiger partial charge in [0.15, 0.2) is 11.0 Å². The molecule has 4 rings (SSSR count). The Morgan fingerprint density at radius 3 is 2.41 bits per heavy atom. The van der Waals surface area contributed by atoms with Crippen molar-refractivity contribution in [2.75, 3.05) is 5.75 Å². The van der Waals surface area contributed by atoms with E-state index >= 15 is 0 Å². The molecule has 2 heterocycles. The number of nitrogens with one attached hydrogen (secondary N) is 1. The van der Waals surface area contributed by atoms with E-state index < -0.39 is 5.97 Å². The molecule has 0 unspecified atom stereocenters. The SMILES string of the molecule is O=C(CSc1nnc(-c2ccncc2)n1-c1ccc(Br)cc1)N/N=C/c1ccc(C(=O)O)cc1. The first-order chi connectivity index (χ1) is 16.5. The number of benzene rings is 2. The van der Waals surface area contributed by atoms with Crippen molar-refractivity contribution >= 4 is 45.8 Å². The summed E-state index contributed by atoms with van der Waals surface area (Å²) in [5.41, 5.74) is 5.01. The Morgan fingerprint density at radius 1 is 1.03 bits per heavy atom. The largest absolute Gasteiger partial charge is 0.478 e. The third kappa shape index (κ3) is 5.74. The zero-order chi connectivity index (χ0) is 23.9. The van der Waals surface area contributed by atoms with Gasteiger partial charge >= 0.3 is 5.97 Å². The Morgan fingerprint density at radius 2 is 1.74 bits per heavy atom. The third-order valence-corrected chi connectivity index (χ3v) is 6.01. The first-order valence-electron chi connectivity index (χ1n) is 9.91. The number of halogens is 1. The fraction of sp³-hybridized carbons (Fsp3) is 0.0435. The highest BCUT2D eigenvalue weighted by atomic mass is 79.9. The monoisotopic (exact) mass is 536 g/mol.